The molecule has 1 N–H and O–H groups in total. The molecule has 0 heterocycles. The van der Waals surface area contributed by atoms with Gasteiger partial charge in [-0.05, 0) is 73.9 Å². The molecular weight excluding hydrogens is 456 g/mol. The topological polar surface area (TPSA) is 58.6 Å². The molecule has 0 saturated carbocycles. The van der Waals surface area contributed by atoms with Gasteiger partial charge in [-0.25, -0.2) is 0 Å². The number of rotatable bonds is 13. The fourth-order valence-corrected chi connectivity index (χ4v) is 4.39. The summed E-state index contributed by atoms with van der Waals surface area (Å²) in [5.41, 5.74) is 0.938. The van der Waals surface area contributed by atoms with E-state index >= 15 is 0 Å². The van der Waals surface area contributed by atoms with Crippen LogP contribution in [0.3, 0.4) is 0 Å². The van der Waals surface area contributed by atoms with Crippen LogP contribution in [0.15, 0.2) is 53.4 Å². The third-order valence-corrected chi connectivity index (χ3v) is 6.84. The van der Waals surface area contributed by atoms with Gasteiger partial charge in [0.05, 0.1) is 7.11 Å². The molecule has 0 aromatic heterocycles. The molecule has 7 heteroatoms. The average molecular weight is 491 g/mol. The van der Waals surface area contributed by atoms with Gasteiger partial charge >= 0.3 is 0 Å². The number of ether oxygens (including phenoxy) is 1. The van der Waals surface area contributed by atoms with Gasteiger partial charge in [0.1, 0.15) is 11.8 Å². The van der Waals surface area contributed by atoms with Crippen molar-refractivity contribution in [2.24, 2.45) is 0 Å². The van der Waals surface area contributed by atoms with E-state index in [0.717, 1.165) is 34.8 Å². The second-order valence-corrected chi connectivity index (χ2v) is 9.63. The van der Waals surface area contributed by atoms with Crippen molar-refractivity contribution in [2.45, 2.75) is 70.0 Å². The summed E-state index contributed by atoms with van der Waals surface area (Å²) in [6, 6.07) is 14.9. The predicted octanol–water partition coefficient (Wildman–Crippen LogP) is 5.94. The van der Waals surface area contributed by atoms with Gasteiger partial charge in [-0.3, -0.25) is 9.59 Å². The molecule has 5 nitrogen and oxygen atoms in total. The van der Waals surface area contributed by atoms with E-state index in [9.17, 15) is 9.59 Å². The van der Waals surface area contributed by atoms with Crippen LogP contribution in [0, 0.1) is 0 Å². The Hall–Kier alpha value is -2.18. The van der Waals surface area contributed by atoms with Crippen LogP contribution in [0.5, 0.6) is 5.75 Å². The van der Waals surface area contributed by atoms with Gasteiger partial charge in [0, 0.05) is 28.9 Å². The zero-order valence-electron chi connectivity index (χ0n) is 20.0. The lowest BCUT2D eigenvalue weighted by Crippen LogP contribution is -2.50. The van der Waals surface area contributed by atoms with Crippen molar-refractivity contribution in [3.63, 3.8) is 0 Å². The minimum absolute atomic E-state index is 0.0133. The van der Waals surface area contributed by atoms with Crippen LogP contribution in [0.1, 0.15) is 52.0 Å². The minimum Gasteiger partial charge on any atom is -0.497 e. The Morgan fingerprint density at radius 1 is 1.12 bits per heavy atom. The maximum atomic E-state index is 13.3. The summed E-state index contributed by atoms with van der Waals surface area (Å²) >= 11 is 7.64. The van der Waals surface area contributed by atoms with Gasteiger partial charge < -0.3 is 15.0 Å². The number of hydrogen-bond acceptors (Lipinski definition) is 4. The van der Waals surface area contributed by atoms with Gasteiger partial charge in [0.2, 0.25) is 11.8 Å². The fraction of sp³-hybridized carbons (Fsp3) is 0.462. The standard InChI is InChI=1S/C26H35ClN2O3S/c1-5-19(3)28-26(31)24(6-2)29(18-20-9-7-10-22(17-20)32-4)25(30)11-8-16-33-23-14-12-21(27)13-15-23/h7,9-10,12-15,17,19,24H,5-6,8,11,16,18H2,1-4H3,(H,28,31)/t19-,24-/m0/s1. The van der Waals surface area contributed by atoms with Crippen LogP contribution in [0.2, 0.25) is 5.02 Å². The summed E-state index contributed by atoms with van der Waals surface area (Å²) in [6.07, 6.45) is 2.51. The van der Waals surface area contributed by atoms with Crippen molar-refractivity contribution in [3.05, 3.63) is 59.1 Å². The second-order valence-electron chi connectivity index (χ2n) is 8.02. The molecule has 0 aliphatic heterocycles. The Morgan fingerprint density at radius 2 is 1.85 bits per heavy atom. The number of carbonyl (C=O) groups is 2. The quantitative estimate of drug-likeness (QED) is 0.278. The molecule has 2 aromatic carbocycles. The molecule has 0 aliphatic rings. The van der Waals surface area contributed by atoms with Gasteiger partial charge in [0.15, 0.2) is 0 Å². The highest BCUT2D eigenvalue weighted by molar-refractivity contribution is 7.99. The summed E-state index contributed by atoms with van der Waals surface area (Å²) < 4.78 is 5.33. The number of halogens is 1. The lowest BCUT2D eigenvalue weighted by atomic mass is 10.1. The van der Waals surface area contributed by atoms with Crippen LogP contribution < -0.4 is 10.1 Å². The van der Waals surface area contributed by atoms with Crippen LogP contribution in [-0.4, -0.2) is 41.7 Å². The van der Waals surface area contributed by atoms with Crippen molar-refractivity contribution >= 4 is 35.2 Å². The predicted molar refractivity (Wildman–Crippen MR) is 137 cm³/mol. The van der Waals surface area contributed by atoms with E-state index in [1.165, 1.54) is 0 Å². The van der Waals surface area contributed by atoms with E-state index in [2.05, 4.69) is 5.32 Å². The number of nitrogens with zero attached hydrogens (tertiary/aromatic N) is 1. The number of carbonyl (C=O) groups excluding carboxylic acids is 2. The number of benzene rings is 2. The van der Waals surface area contributed by atoms with Gasteiger partial charge in [-0.1, -0.05) is 37.6 Å². The van der Waals surface area contributed by atoms with Gasteiger partial charge in [-0.15, -0.1) is 11.8 Å². The van der Waals surface area contributed by atoms with Crippen molar-refractivity contribution in [2.75, 3.05) is 12.9 Å². The molecule has 0 spiro atoms. The molecule has 0 bridgehead atoms. The van der Waals surface area contributed by atoms with Crippen molar-refractivity contribution in [3.8, 4) is 5.75 Å². The average Bonchev–Trinajstić information content (AvgIpc) is 2.82. The maximum Gasteiger partial charge on any atom is 0.243 e. The number of amides is 2. The first-order chi connectivity index (χ1) is 15.9. The van der Waals surface area contributed by atoms with Crippen LogP contribution >= 0.6 is 23.4 Å². The first-order valence-electron chi connectivity index (χ1n) is 11.5. The molecule has 180 valence electrons. The fourth-order valence-electron chi connectivity index (χ4n) is 3.42. The normalized spacial score (nSPS) is 12.6. The molecule has 0 unspecified atom stereocenters. The molecule has 2 rings (SSSR count). The third kappa shape index (κ3) is 8.94. The van der Waals surface area contributed by atoms with E-state index in [-0.39, 0.29) is 17.9 Å². The van der Waals surface area contributed by atoms with Crippen LogP contribution in [-0.2, 0) is 16.1 Å². The van der Waals surface area contributed by atoms with Gasteiger partial charge in [-0.2, -0.15) is 0 Å². The second kappa shape index (κ2) is 14.2. The largest absolute Gasteiger partial charge is 0.497 e. The Bertz CT molecular complexity index is 891. The lowest BCUT2D eigenvalue weighted by Gasteiger charge is -2.31. The third-order valence-electron chi connectivity index (χ3n) is 5.49. The van der Waals surface area contributed by atoms with E-state index in [1.807, 2.05) is 69.3 Å². The summed E-state index contributed by atoms with van der Waals surface area (Å²) in [5, 5.41) is 3.76. The maximum absolute atomic E-state index is 13.3. The first-order valence-corrected chi connectivity index (χ1v) is 12.8. The molecule has 2 atom stereocenters. The van der Waals surface area contributed by atoms with Gasteiger partial charge in [0.25, 0.3) is 0 Å². The highest BCUT2D eigenvalue weighted by Gasteiger charge is 2.29. The van der Waals surface area contributed by atoms with Crippen molar-refractivity contribution in [1.82, 2.24) is 10.2 Å². The number of nitrogens with one attached hydrogen (secondary N) is 1. The summed E-state index contributed by atoms with van der Waals surface area (Å²) in [5.74, 6) is 1.44. The van der Waals surface area contributed by atoms with E-state index < -0.39 is 6.04 Å². The van der Waals surface area contributed by atoms with Crippen molar-refractivity contribution < 1.29 is 14.3 Å². The Kier molecular flexibility index (Phi) is 11.6. The molecule has 2 aromatic rings. The van der Waals surface area contributed by atoms with E-state index in [4.69, 9.17) is 16.3 Å². The van der Waals surface area contributed by atoms with E-state index in [1.54, 1.807) is 23.8 Å². The summed E-state index contributed by atoms with van der Waals surface area (Å²) in [4.78, 5) is 29.2. The Labute approximate surface area is 207 Å². The highest BCUT2D eigenvalue weighted by Crippen LogP contribution is 2.23. The minimum atomic E-state index is -0.512. The lowest BCUT2D eigenvalue weighted by molar-refractivity contribution is -0.141. The molecule has 2 amide bonds. The zero-order valence-corrected chi connectivity index (χ0v) is 21.5. The van der Waals surface area contributed by atoms with E-state index in [0.29, 0.717) is 24.4 Å². The van der Waals surface area contributed by atoms with Crippen LogP contribution in [0.4, 0.5) is 0 Å². The molecule has 0 aliphatic carbocycles. The molecule has 0 saturated heterocycles. The Balaban J connectivity index is 2.09. The number of hydrogen-bond donors (Lipinski definition) is 1. The van der Waals surface area contributed by atoms with Crippen LogP contribution in [0.25, 0.3) is 0 Å². The Morgan fingerprint density at radius 3 is 2.48 bits per heavy atom. The summed E-state index contributed by atoms with van der Waals surface area (Å²) in [7, 11) is 1.62. The van der Waals surface area contributed by atoms with Crippen molar-refractivity contribution in [1.29, 1.82) is 0 Å². The smallest absolute Gasteiger partial charge is 0.243 e. The SMILES string of the molecule is CC[C@H](C)NC(=O)[C@H](CC)N(Cc1cccc(OC)c1)C(=O)CCCSc1ccc(Cl)cc1. The zero-order chi connectivity index (χ0) is 24.2. The number of thioether (sulfide) groups is 1. The molecular formula is C26H35ClN2O3S. The first kappa shape index (κ1) is 27.1. The number of methoxy groups -OCH3 is 1. The molecule has 0 fully saturated rings. The highest BCUT2D eigenvalue weighted by atomic mass is 35.5. The molecule has 0 radical (unpaired) electrons. The summed E-state index contributed by atoms with van der Waals surface area (Å²) in [6.45, 7) is 6.33. The molecule has 33 heavy (non-hydrogen) atoms. The monoisotopic (exact) mass is 490 g/mol.